The molecule has 0 aliphatic carbocycles. The number of benzene rings is 1. The molecule has 0 heterocycles. The molecule has 102 valence electrons. The number of nitrogen functional groups attached to an aromatic ring is 1. The van der Waals surface area contributed by atoms with Gasteiger partial charge in [0.25, 0.3) is 0 Å². The quantitative estimate of drug-likeness (QED) is 0.602. The minimum atomic E-state index is -0.498. The minimum Gasteiger partial charge on any atom is -0.444 e. The number of carbonyl (C=O) groups excluding carboxylic acids is 1. The van der Waals surface area contributed by atoms with Crippen LogP contribution in [0.25, 0.3) is 0 Å². The summed E-state index contributed by atoms with van der Waals surface area (Å²) < 4.78 is 5.10. The maximum atomic E-state index is 11.4. The number of ether oxygens (including phenoxy) is 1. The molecule has 4 heteroatoms. The van der Waals surface area contributed by atoms with Crippen LogP contribution in [-0.2, 0) is 4.74 Å². The molecule has 0 saturated carbocycles. The second-order valence-electron chi connectivity index (χ2n) is 5.18. The number of carbonyl (C=O) groups is 1. The summed E-state index contributed by atoms with van der Waals surface area (Å²) in [4.78, 5) is 11.4. The fourth-order valence-corrected chi connectivity index (χ4v) is 1.36. The smallest absolute Gasteiger partial charge is 0.408 e. The SMILES string of the molecule is Cc1c(N)cccc1C#CCNC(=O)OC(C)(C)C. The molecule has 0 saturated heterocycles. The van der Waals surface area contributed by atoms with Gasteiger partial charge in [0, 0.05) is 11.3 Å². The Balaban J connectivity index is 2.53. The highest BCUT2D eigenvalue weighted by Gasteiger charge is 2.14. The average molecular weight is 260 g/mol. The van der Waals surface area contributed by atoms with Crippen LogP contribution in [0.3, 0.4) is 0 Å². The van der Waals surface area contributed by atoms with Crippen LogP contribution in [0.4, 0.5) is 10.5 Å². The van der Waals surface area contributed by atoms with Gasteiger partial charge < -0.3 is 15.8 Å². The van der Waals surface area contributed by atoms with E-state index in [9.17, 15) is 4.79 Å². The van der Waals surface area contributed by atoms with Crippen LogP contribution < -0.4 is 11.1 Å². The molecule has 0 spiro atoms. The van der Waals surface area contributed by atoms with Gasteiger partial charge in [-0.15, -0.1) is 0 Å². The zero-order chi connectivity index (χ0) is 14.5. The van der Waals surface area contributed by atoms with E-state index >= 15 is 0 Å². The molecule has 0 aliphatic heterocycles. The molecule has 0 fully saturated rings. The first-order chi connectivity index (χ1) is 8.79. The van der Waals surface area contributed by atoms with Crippen molar-refractivity contribution in [3.63, 3.8) is 0 Å². The Bertz CT molecular complexity index is 519. The monoisotopic (exact) mass is 260 g/mol. The zero-order valence-electron chi connectivity index (χ0n) is 11.8. The summed E-state index contributed by atoms with van der Waals surface area (Å²) in [6.07, 6.45) is -0.467. The van der Waals surface area contributed by atoms with E-state index in [4.69, 9.17) is 10.5 Å². The Hall–Kier alpha value is -2.15. The molecule has 4 nitrogen and oxygen atoms in total. The van der Waals surface area contributed by atoms with Crippen molar-refractivity contribution >= 4 is 11.8 Å². The molecule has 1 aromatic carbocycles. The van der Waals surface area contributed by atoms with Crippen LogP contribution in [-0.4, -0.2) is 18.2 Å². The largest absolute Gasteiger partial charge is 0.444 e. The van der Waals surface area contributed by atoms with Crippen molar-refractivity contribution in [3.8, 4) is 11.8 Å². The lowest BCUT2D eigenvalue weighted by molar-refractivity contribution is 0.0535. The van der Waals surface area contributed by atoms with Gasteiger partial charge in [-0.3, -0.25) is 0 Å². The van der Waals surface area contributed by atoms with Crippen LogP contribution in [0, 0.1) is 18.8 Å². The van der Waals surface area contributed by atoms with Crippen LogP contribution in [0.5, 0.6) is 0 Å². The topological polar surface area (TPSA) is 64.3 Å². The van der Waals surface area contributed by atoms with E-state index in [1.54, 1.807) is 0 Å². The van der Waals surface area contributed by atoms with Gasteiger partial charge >= 0.3 is 6.09 Å². The van der Waals surface area contributed by atoms with Crippen LogP contribution in [0.2, 0.25) is 0 Å². The second-order valence-corrected chi connectivity index (χ2v) is 5.18. The summed E-state index contributed by atoms with van der Waals surface area (Å²) in [5.74, 6) is 5.84. The number of hydrogen-bond acceptors (Lipinski definition) is 3. The van der Waals surface area contributed by atoms with E-state index in [-0.39, 0.29) is 6.54 Å². The van der Waals surface area contributed by atoms with E-state index in [0.717, 1.165) is 11.1 Å². The van der Waals surface area contributed by atoms with E-state index in [2.05, 4.69) is 17.2 Å². The van der Waals surface area contributed by atoms with Crippen molar-refractivity contribution in [3.05, 3.63) is 29.3 Å². The fourth-order valence-electron chi connectivity index (χ4n) is 1.36. The highest BCUT2D eigenvalue weighted by molar-refractivity contribution is 5.68. The Kier molecular flexibility index (Phi) is 4.82. The second kappa shape index (κ2) is 6.14. The Labute approximate surface area is 114 Å². The molecule has 3 N–H and O–H groups in total. The number of nitrogens with two attached hydrogens (primary N) is 1. The van der Waals surface area contributed by atoms with Gasteiger partial charge in [-0.2, -0.15) is 0 Å². The molecular formula is C15H20N2O2. The summed E-state index contributed by atoms with van der Waals surface area (Å²) >= 11 is 0. The van der Waals surface area contributed by atoms with E-state index in [1.165, 1.54) is 0 Å². The van der Waals surface area contributed by atoms with Gasteiger partial charge in [-0.25, -0.2) is 4.79 Å². The Morgan fingerprint density at radius 2 is 2.11 bits per heavy atom. The summed E-state index contributed by atoms with van der Waals surface area (Å²) in [5.41, 5.74) is 7.82. The Morgan fingerprint density at radius 3 is 2.74 bits per heavy atom. The molecule has 1 rings (SSSR count). The summed E-state index contributed by atoms with van der Waals surface area (Å²) in [6.45, 7) is 7.60. The van der Waals surface area contributed by atoms with E-state index in [1.807, 2.05) is 45.9 Å². The van der Waals surface area contributed by atoms with Crippen molar-refractivity contribution in [2.45, 2.75) is 33.3 Å². The predicted octanol–water partition coefficient (Wildman–Crippen LogP) is 2.45. The Morgan fingerprint density at radius 1 is 1.42 bits per heavy atom. The van der Waals surface area contributed by atoms with Crippen molar-refractivity contribution < 1.29 is 9.53 Å². The van der Waals surface area contributed by atoms with Crippen LogP contribution in [0.15, 0.2) is 18.2 Å². The summed E-state index contributed by atoms with van der Waals surface area (Å²) in [6, 6.07) is 5.58. The normalized spacial score (nSPS) is 10.3. The zero-order valence-corrected chi connectivity index (χ0v) is 11.8. The van der Waals surface area contributed by atoms with Gasteiger partial charge in [0.2, 0.25) is 0 Å². The lowest BCUT2D eigenvalue weighted by Crippen LogP contribution is -2.32. The highest BCUT2D eigenvalue weighted by atomic mass is 16.6. The first kappa shape index (κ1) is 14.9. The molecule has 0 bridgehead atoms. The van der Waals surface area contributed by atoms with Crippen molar-refractivity contribution in [2.75, 3.05) is 12.3 Å². The number of nitrogens with one attached hydrogen (secondary N) is 1. The van der Waals surface area contributed by atoms with Crippen LogP contribution in [0.1, 0.15) is 31.9 Å². The number of hydrogen-bond donors (Lipinski definition) is 2. The van der Waals surface area contributed by atoms with Gasteiger partial charge in [0.05, 0.1) is 6.54 Å². The predicted molar refractivity (Wildman–Crippen MR) is 76.7 cm³/mol. The van der Waals surface area contributed by atoms with Crippen LogP contribution >= 0.6 is 0 Å². The molecular weight excluding hydrogens is 240 g/mol. The molecule has 19 heavy (non-hydrogen) atoms. The van der Waals surface area contributed by atoms with Crippen molar-refractivity contribution in [2.24, 2.45) is 0 Å². The molecule has 0 atom stereocenters. The number of amides is 1. The standard InChI is InChI=1S/C15H20N2O2/c1-11-12(7-5-9-13(11)16)8-6-10-17-14(18)19-15(2,3)4/h5,7,9H,10,16H2,1-4H3,(H,17,18). The number of anilines is 1. The number of alkyl carbamates (subject to hydrolysis) is 1. The maximum Gasteiger partial charge on any atom is 0.408 e. The third-order valence-corrected chi connectivity index (χ3v) is 2.32. The van der Waals surface area contributed by atoms with E-state index < -0.39 is 11.7 Å². The van der Waals surface area contributed by atoms with Gasteiger partial charge in [-0.05, 0) is 45.4 Å². The summed E-state index contributed by atoms with van der Waals surface area (Å²) in [7, 11) is 0. The molecule has 0 aliphatic rings. The van der Waals surface area contributed by atoms with Crippen molar-refractivity contribution in [1.82, 2.24) is 5.32 Å². The van der Waals surface area contributed by atoms with Crippen molar-refractivity contribution in [1.29, 1.82) is 0 Å². The van der Waals surface area contributed by atoms with Gasteiger partial charge in [0.15, 0.2) is 0 Å². The molecule has 1 amide bonds. The molecule has 1 aromatic rings. The first-order valence-electron chi connectivity index (χ1n) is 6.10. The number of rotatable bonds is 1. The van der Waals surface area contributed by atoms with Gasteiger partial charge in [0.1, 0.15) is 5.60 Å². The lowest BCUT2D eigenvalue weighted by Gasteiger charge is -2.19. The van der Waals surface area contributed by atoms with E-state index in [0.29, 0.717) is 5.69 Å². The highest BCUT2D eigenvalue weighted by Crippen LogP contribution is 2.13. The fraction of sp³-hybridized carbons (Fsp3) is 0.400. The molecule has 0 radical (unpaired) electrons. The summed E-state index contributed by atoms with van der Waals surface area (Å²) in [5, 5.41) is 2.58. The lowest BCUT2D eigenvalue weighted by atomic mass is 10.1. The third kappa shape index (κ3) is 5.35. The average Bonchev–Trinajstić information content (AvgIpc) is 2.27. The third-order valence-electron chi connectivity index (χ3n) is 2.32. The van der Waals surface area contributed by atoms with Gasteiger partial charge in [-0.1, -0.05) is 17.9 Å². The maximum absolute atomic E-state index is 11.4. The first-order valence-corrected chi connectivity index (χ1v) is 6.10. The molecule has 0 aromatic heterocycles. The molecule has 0 unspecified atom stereocenters. The minimum absolute atomic E-state index is 0.239.